The number of ether oxygens (including phenoxy) is 1. The maximum atomic E-state index is 14.2. The van der Waals surface area contributed by atoms with E-state index in [-0.39, 0.29) is 46.9 Å². The van der Waals surface area contributed by atoms with E-state index in [1.54, 1.807) is 11.8 Å². The van der Waals surface area contributed by atoms with Crippen molar-refractivity contribution in [2.24, 2.45) is 11.3 Å². The van der Waals surface area contributed by atoms with E-state index < -0.39 is 5.82 Å². The molecule has 4 rings (SSSR count). The molecule has 0 saturated carbocycles. The van der Waals surface area contributed by atoms with Crippen LogP contribution >= 0.6 is 0 Å². The number of anilines is 1. The van der Waals surface area contributed by atoms with Gasteiger partial charge < -0.3 is 25.0 Å². The topological polar surface area (TPSA) is 141 Å². The zero-order chi connectivity index (χ0) is 32.4. The highest BCUT2D eigenvalue weighted by Gasteiger charge is 2.50. The molecule has 2 saturated heterocycles. The highest BCUT2D eigenvalue weighted by molar-refractivity contribution is 5.97. The minimum Gasteiger partial charge on any atom is -0.483 e. The maximum absolute atomic E-state index is 14.2. The summed E-state index contributed by atoms with van der Waals surface area (Å²) in [5.74, 6) is 0.730. The molecule has 1 aromatic carbocycles. The van der Waals surface area contributed by atoms with E-state index in [0.717, 1.165) is 45.4 Å². The molecule has 1 aromatic heterocycles. The van der Waals surface area contributed by atoms with E-state index in [1.807, 2.05) is 20.8 Å². The van der Waals surface area contributed by atoms with Gasteiger partial charge in [-0.1, -0.05) is 13.8 Å². The number of rotatable bonds is 12. The molecule has 1 atom stereocenters. The molecule has 0 bridgehead atoms. The standard InChI is InChI=1S/C30H44FN7O3.CH2O2/c1-7-38(21(4)5)29(40)24-15-23(31)10-11-26(24)41-28-27(33-19-34-35-28)36-14-12-30(16-36)17-37(18-30)25(20(2)3)9-8-13-32-22(6)39;2-1-3/h10-11,15,19-21,25H,7-9,12-14,16-18H2,1-6H3,(H,32,39);1H,(H,2,3). The molecule has 1 unspecified atom stereocenters. The summed E-state index contributed by atoms with van der Waals surface area (Å²) in [6.07, 6.45) is 4.45. The fraction of sp³-hybridized carbons (Fsp3) is 0.613. The Bertz CT molecular complexity index is 1270. The van der Waals surface area contributed by atoms with E-state index in [2.05, 4.69) is 44.1 Å². The van der Waals surface area contributed by atoms with Crippen LogP contribution in [0.2, 0.25) is 0 Å². The summed E-state index contributed by atoms with van der Waals surface area (Å²) < 4.78 is 20.4. The summed E-state index contributed by atoms with van der Waals surface area (Å²) in [5, 5.41) is 17.9. The van der Waals surface area contributed by atoms with Gasteiger partial charge in [-0.3, -0.25) is 19.3 Å². The monoisotopic (exact) mass is 615 g/mol. The van der Waals surface area contributed by atoms with Crippen LogP contribution in [0, 0.1) is 17.2 Å². The molecule has 242 valence electrons. The SMILES string of the molecule is CCN(C(=O)c1cc(F)ccc1Oc1nncnc1N1CCC2(C1)CN(C(CCCNC(C)=O)C(C)C)C2)C(C)C.O=CO. The van der Waals surface area contributed by atoms with Gasteiger partial charge in [0.05, 0.1) is 5.56 Å². The number of nitrogens with one attached hydrogen (secondary N) is 1. The van der Waals surface area contributed by atoms with Gasteiger partial charge in [0.1, 0.15) is 17.9 Å². The molecule has 0 aliphatic carbocycles. The zero-order valence-corrected chi connectivity index (χ0v) is 26.6. The van der Waals surface area contributed by atoms with Gasteiger partial charge in [0.25, 0.3) is 18.3 Å². The van der Waals surface area contributed by atoms with Crippen LogP contribution in [0.1, 0.15) is 71.2 Å². The Morgan fingerprint density at radius 2 is 1.93 bits per heavy atom. The number of hydrogen-bond donors (Lipinski definition) is 2. The van der Waals surface area contributed by atoms with E-state index in [9.17, 15) is 14.0 Å². The van der Waals surface area contributed by atoms with Crippen molar-refractivity contribution < 1.29 is 28.6 Å². The lowest BCUT2D eigenvalue weighted by Gasteiger charge is -2.53. The number of halogens is 1. The zero-order valence-electron chi connectivity index (χ0n) is 26.6. The number of benzene rings is 1. The van der Waals surface area contributed by atoms with Crippen LogP contribution in [0.3, 0.4) is 0 Å². The second-order valence-electron chi connectivity index (χ2n) is 12.1. The first-order valence-corrected chi connectivity index (χ1v) is 15.2. The lowest BCUT2D eigenvalue weighted by atomic mass is 9.76. The molecule has 0 radical (unpaired) electrons. The van der Waals surface area contributed by atoms with Gasteiger partial charge in [0, 0.05) is 63.7 Å². The normalized spacial score (nSPS) is 16.2. The molecule has 13 heteroatoms. The summed E-state index contributed by atoms with van der Waals surface area (Å²) >= 11 is 0. The third-order valence-electron chi connectivity index (χ3n) is 8.28. The molecular weight excluding hydrogens is 569 g/mol. The first kappa shape index (κ1) is 34.6. The van der Waals surface area contributed by atoms with Crippen LogP contribution in [-0.4, -0.2) is 99.7 Å². The van der Waals surface area contributed by atoms with Crippen molar-refractivity contribution in [1.82, 2.24) is 30.3 Å². The molecule has 3 heterocycles. The van der Waals surface area contributed by atoms with Gasteiger partial charge >= 0.3 is 0 Å². The Balaban J connectivity index is 0.00000169. The number of carboxylic acid groups (broad SMARTS) is 1. The van der Waals surface area contributed by atoms with Crippen molar-refractivity contribution in [1.29, 1.82) is 0 Å². The second-order valence-corrected chi connectivity index (χ2v) is 12.1. The second kappa shape index (κ2) is 15.7. The van der Waals surface area contributed by atoms with Crippen LogP contribution in [0.5, 0.6) is 11.6 Å². The van der Waals surface area contributed by atoms with E-state index >= 15 is 0 Å². The lowest BCUT2D eigenvalue weighted by molar-refractivity contribution is -0.123. The van der Waals surface area contributed by atoms with E-state index in [1.165, 1.54) is 24.5 Å². The van der Waals surface area contributed by atoms with Gasteiger partial charge in [-0.2, -0.15) is 0 Å². The van der Waals surface area contributed by atoms with Gasteiger partial charge in [-0.05, 0) is 64.2 Å². The largest absolute Gasteiger partial charge is 0.483 e. The van der Waals surface area contributed by atoms with E-state index in [4.69, 9.17) is 14.6 Å². The van der Waals surface area contributed by atoms with Gasteiger partial charge in [-0.15, -0.1) is 10.2 Å². The Hall–Kier alpha value is -3.87. The summed E-state index contributed by atoms with van der Waals surface area (Å²) in [6, 6.07) is 4.37. The number of hydrogen-bond acceptors (Lipinski definition) is 9. The van der Waals surface area contributed by atoms with Crippen LogP contribution < -0.4 is 15.0 Å². The van der Waals surface area contributed by atoms with Crippen molar-refractivity contribution in [2.75, 3.05) is 44.2 Å². The molecule has 2 N–H and O–H groups in total. The first-order valence-electron chi connectivity index (χ1n) is 15.2. The predicted octanol–water partition coefficient (Wildman–Crippen LogP) is 3.83. The number of nitrogens with zero attached hydrogens (tertiary/aromatic N) is 6. The van der Waals surface area contributed by atoms with Crippen molar-refractivity contribution >= 4 is 24.1 Å². The van der Waals surface area contributed by atoms with Crippen molar-refractivity contribution in [3.63, 3.8) is 0 Å². The summed E-state index contributed by atoms with van der Waals surface area (Å²) in [7, 11) is 0. The molecule has 1 spiro atoms. The molecule has 2 aliphatic heterocycles. The average molecular weight is 616 g/mol. The maximum Gasteiger partial charge on any atom is 0.290 e. The van der Waals surface area contributed by atoms with Crippen LogP contribution in [0.15, 0.2) is 24.5 Å². The molecular formula is C31H46FN7O5. The highest BCUT2D eigenvalue weighted by Crippen LogP contribution is 2.44. The number of aromatic nitrogens is 3. The predicted molar refractivity (Wildman–Crippen MR) is 164 cm³/mol. The Morgan fingerprint density at radius 1 is 1.23 bits per heavy atom. The highest BCUT2D eigenvalue weighted by atomic mass is 19.1. The number of carbonyl (C=O) groups is 3. The molecule has 2 aliphatic rings. The summed E-state index contributed by atoms with van der Waals surface area (Å²) in [6.45, 7) is 16.4. The fourth-order valence-electron chi connectivity index (χ4n) is 6.24. The molecule has 2 aromatic rings. The third-order valence-corrected chi connectivity index (χ3v) is 8.28. The van der Waals surface area contributed by atoms with Gasteiger partial charge in [0.2, 0.25) is 5.91 Å². The summed E-state index contributed by atoms with van der Waals surface area (Å²) in [4.78, 5) is 43.8. The van der Waals surface area contributed by atoms with Crippen LogP contribution in [0.25, 0.3) is 0 Å². The van der Waals surface area contributed by atoms with Crippen molar-refractivity contribution in [3.05, 3.63) is 35.9 Å². The van der Waals surface area contributed by atoms with Gasteiger partial charge in [0.15, 0.2) is 5.82 Å². The lowest BCUT2D eigenvalue weighted by Crippen LogP contribution is -2.62. The number of amides is 2. The van der Waals surface area contributed by atoms with Gasteiger partial charge in [-0.25, -0.2) is 9.37 Å². The Labute approximate surface area is 259 Å². The van der Waals surface area contributed by atoms with Crippen LogP contribution in [-0.2, 0) is 9.59 Å². The Morgan fingerprint density at radius 3 is 2.55 bits per heavy atom. The average Bonchev–Trinajstić information content (AvgIpc) is 3.40. The minimum atomic E-state index is -0.510. The molecule has 2 amide bonds. The summed E-state index contributed by atoms with van der Waals surface area (Å²) in [5.41, 5.74) is 0.311. The molecule has 2 fully saturated rings. The quantitative estimate of drug-likeness (QED) is 0.267. The molecule has 44 heavy (non-hydrogen) atoms. The minimum absolute atomic E-state index is 0.0170. The number of carbonyl (C=O) groups excluding carboxylic acids is 2. The Kier molecular flexibility index (Phi) is 12.4. The van der Waals surface area contributed by atoms with Crippen molar-refractivity contribution in [2.45, 2.75) is 72.9 Å². The first-order chi connectivity index (χ1) is 20.9. The van der Waals surface area contributed by atoms with E-state index in [0.29, 0.717) is 30.9 Å². The fourth-order valence-corrected chi connectivity index (χ4v) is 6.24. The number of likely N-dealkylation sites (tertiary alicyclic amines) is 1. The van der Waals surface area contributed by atoms with Crippen molar-refractivity contribution in [3.8, 4) is 11.6 Å². The molecule has 12 nitrogen and oxygen atoms in total. The van der Waals surface area contributed by atoms with Crippen LogP contribution in [0.4, 0.5) is 10.2 Å². The third kappa shape index (κ3) is 8.61. The smallest absolute Gasteiger partial charge is 0.290 e.